The molecule has 164 valence electrons. The van der Waals surface area contributed by atoms with E-state index in [4.69, 9.17) is 12.2 Å². The minimum atomic E-state index is -5.11. The molecular formula is C20H18F7NO2. The van der Waals surface area contributed by atoms with Gasteiger partial charge < -0.3 is 14.8 Å². The van der Waals surface area contributed by atoms with E-state index in [1.165, 1.54) is 12.1 Å². The first-order chi connectivity index (χ1) is 14.8. The minimum Gasteiger partial charge on any atom is -0.349 e. The number of hydrogen-bond donors (Lipinski definition) is 1. The number of nitrogens with one attached hydrogen (secondary N) is 1. The Hall–Kier alpha value is -2.17. The third-order valence-corrected chi connectivity index (χ3v) is 4.42. The molecule has 0 aliphatic carbocycles. The molecule has 0 aromatic heterocycles. The van der Waals surface area contributed by atoms with Gasteiger partial charge >= 0.3 is 12.4 Å². The molecule has 3 nitrogen and oxygen atoms in total. The average molecular weight is 439 g/mol. The fourth-order valence-corrected chi connectivity index (χ4v) is 2.95. The Morgan fingerprint density at radius 3 is 2.20 bits per heavy atom. The molecule has 0 spiro atoms. The average Bonchev–Trinajstić information content (AvgIpc) is 2.73. The lowest BCUT2D eigenvalue weighted by molar-refractivity contribution is -0.200. The zero-order chi connectivity index (χ0) is 23.7. The summed E-state index contributed by atoms with van der Waals surface area (Å²) in [5.74, 6) is -0.521. The van der Waals surface area contributed by atoms with Gasteiger partial charge in [0.2, 0.25) is 0 Å². The number of alkyl halides is 6. The number of rotatable bonds is 4. The third-order valence-electron chi connectivity index (χ3n) is 4.42. The summed E-state index contributed by atoms with van der Waals surface area (Å²) >= 11 is 0. The molecule has 3 rings (SSSR count). The van der Waals surface area contributed by atoms with Gasteiger partial charge in [-0.2, -0.15) is 26.3 Å². The van der Waals surface area contributed by atoms with Gasteiger partial charge in [0.15, 0.2) is 6.29 Å². The zero-order valence-electron chi connectivity index (χ0n) is 17.3. The Morgan fingerprint density at radius 2 is 1.67 bits per heavy atom. The van der Waals surface area contributed by atoms with Crippen molar-refractivity contribution in [2.24, 2.45) is 0 Å². The van der Waals surface area contributed by atoms with Crippen LogP contribution in [0.3, 0.4) is 0 Å². The van der Waals surface area contributed by atoms with Crippen molar-refractivity contribution in [1.82, 2.24) is 5.32 Å². The van der Waals surface area contributed by atoms with Crippen LogP contribution >= 0.6 is 0 Å². The maximum atomic E-state index is 13.2. The van der Waals surface area contributed by atoms with Crippen molar-refractivity contribution in [2.75, 3.05) is 13.2 Å². The monoisotopic (exact) mass is 439 g/mol. The van der Waals surface area contributed by atoms with Gasteiger partial charge in [0.1, 0.15) is 5.82 Å². The SMILES string of the molecule is [2H]C[C@]([2H])(O[C@H]1OCCN[C@H]1c1ccc(F)cc1)c1cc(C(F)(F)F)cc(C(F)(F)F)c1. The fraction of sp³-hybridized carbons (Fsp3) is 0.400. The maximum Gasteiger partial charge on any atom is 0.416 e. The molecule has 0 amide bonds. The van der Waals surface area contributed by atoms with Crippen LogP contribution in [0, 0.1) is 5.82 Å². The van der Waals surface area contributed by atoms with E-state index >= 15 is 0 Å². The van der Waals surface area contributed by atoms with Crippen LogP contribution < -0.4 is 5.32 Å². The fourth-order valence-electron chi connectivity index (χ4n) is 2.95. The van der Waals surface area contributed by atoms with Crippen LogP contribution in [0.4, 0.5) is 30.7 Å². The predicted molar refractivity (Wildman–Crippen MR) is 92.8 cm³/mol. The van der Waals surface area contributed by atoms with Crippen molar-refractivity contribution in [3.8, 4) is 0 Å². The highest BCUT2D eigenvalue weighted by molar-refractivity contribution is 5.34. The second-order valence-corrected chi connectivity index (χ2v) is 6.56. The number of ether oxygens (including phenoxy) is 2. The lowest BCUT2D eigenvalue weighted by Crippen LogP contribution is -2.43. The van der Waals surface area contributed by atoms with Crippen LogP contribution in [0.5, 0.6) is 0 Å². The number of hydrogen-bond acceptors (Lipinski definition) is 3. The van der Waals surface area contributed by atoms with Crippen molar-refractivity contribution in [2.45, 2.75) is 37.7 Å². The van der Waals surface area contributed by atoms with Gasteiger partial charge in [-0.1, -0.05) is 12.1 Å². The second kappa shape index (κ2) is 8.52. The molecule has 1 heterocycles. The summed E-state index contributed by atoms with van der Waals surface area (Å²) in [6.07, 6.45) is -14.2. The number of halogens is 7. The highest BCUT2D eigenvalue weighted by atomic mass is 19.4. The van der Waals surface area contributed by atoms with Crippen molar-refractivity contribution in [1.29, 1.82) is 0 Å². The number of morpholine rings is 1. The molecule has 30 heavy (non-hydrogen) atoms. The van der Waals surface area contributed by atoms with Gasteiger partial charge in [-0.25, -0.2) is 4.39 Å². The molecule has 10 heteroatoms. The van der Waals surface area contributed by atoms with Gasteiger partial charge in [0.05, 0.1) is 31.2 Å². The molecule has 0 saturated carbocycles. The summed E-state index contributed by atoms with van der Waals surface area (Å²) in [6, 6.07) is 4.97. The Morgan fingerprint density at radius 1 is 1.07 bits per heavy atom. The van der Waals surface area contributed by atoms with E-state index < -0.39 is 60.2 Å². The van der Waals surface area contributed by atoms with E-state index in [1.54, 1.807) is 0 Å². The van der Waals surface area contributed by atoms with Gasteiger partial charge in [-0.15, -0.1) is 0 Å². The van der Waals surface area contributed by atoms with E-state index in [1.807, 2.05) is 0 Å². The summed E-state index contributed by atoms with van der Waals surface area (Å²) in [7, 11) is 0. The van der Waals surface area contributed by atoms with E-state index in [9.17, 15) is 30.7 Å². The Bertz CT molecular complexity index is 905. The van der Waals surface area contributed by atoms with Crippen LogP contribution in [0.2, 0.25) is 0 Å². The highest BCUT2D eigenvalue weighted by Crippen LogP contribution is 2.38. The van der Waals surface area contributed by atoms with Crippen LogP contribution in [0.15, 0.2) is 42.5 Å². The molecule has 0 radical (unpaired) electrons. The molecule has 1 N–H and O–H groups in total. The molecule has 1 aliphatic heterocycles. The first kappa shape index (κ1) is 19.8. The van der Waals surface area contributed by atoms with Gasteiger partial charge in [-0.05, 0) is 48.4 Å². The Kier molecular flexibility index (Phi) is 5.62. The molecule has 2 aromatic rings. The second-order valence-electron chi connectivity index (χ2n) is 6.56. The summed E-state index contributed by atoms with van der Waals surface area (Å²) in [5, 5.41) is 3.00. The molecule has 0 bridgehead atoms. The standard InChI is InChI=1S/C20H18F7NO2/c1-11(13-8-14(19(22,23)24)10-15(9-13)20(25,26)27)30-18-17(28-6-7-29-18)12-2-4-16(21)5-3-12/h2-5,8-11,17-18,28H,6-7H2,1H3/t11-,17-,18+/m0/s1/i1D,11D. The first-order valence-corrected chi connectivity index (χ1v) is 8.71. The predicted octanol–water partition coefficient (Wildman–Crippen LogP) is 5.63. The molecule has 3 atom stereocenters. The molecule has 1 fully saturated rings. The van der Waals surface area contributed by atoms with E-state index in [0.717, 1.165) is 12.1 Å². The number of benzene rings is 2. The van der Waals surface area contributed by atoms with Crippen LogP contribution in [-0.4, -0.2) is 19.4 Å². The molecular weight excluding hydrogens is 419 g/mol. The van der Waals surface area contributed by atoms with Gasteiger partial charge in [0, 0.05) is 7.92 Å². The first-order valence-electron chi connectivity index (χ1n) is 9.92. The normalized spacial score (nSPS) is 23.4. The third kappa shape index (κ3) is 5.30. The summed E-state index contributed by atoms with van der Waals surface area (Å²) in [5.41, 5.74) is -3.56. The van der Waals surface area contributed by atoms with Crippen molar-refractivity contribution in [3.05, 3.63) is 70.5 Å². The molecule has 1 saturated heterocycles. The lowest BCUT2D eigenvalue weighted by atomic mass is 10.0. The van der Waals surface area contributed by atoms with E-state index in [0.29, 0.717) is 24.2 Å². The van der Waals surface area contributed by atoms with E-state index in [-0.39, 0.29) is 12.7 Å². The van der Waals surface area contributed by atoms with Crippen LogP contribution in [0.1, 0.15) is 44.0 Å². The van der Waals surface area contributed by atoms with Crippen molar-refractivity contribution in [3.63, 3.8) is 0 Å². The zero-order valence-corrected chi connectivity index (χ0v) is 15.3. The highest BCUT2D eigenvalue weighted by Gasteiger charge is 2.38. The lowest BCUT2D eigenvalue weighted by Gasteiger charge is -2.34. The Balaban J connectivity index is 2.00. The summed E-state index contributed by atoms with van der Waals surface area (Å²) < 4.78 is 120. The smallest absolute Gasteiger partial charge is 0.349 e. The minimum absolute atomic E-state index is 0.0617. The maximum absolute atomic E-state index is 13.2. The summed E-state index contributed by atoms with van der Waals surface area (Å²) in [6.45, 7) is -0.607. The van der Waals surface area contributed by atoms with Crippen LogP contribution in [-0.2, 0) is 21.8 Å². The van der Waals surface area contributed by atoms with Gasteiger partial charge in [-0.3, -0.25) is 0 Å². The summed E-state index contributed by atoms with van der Waals surface area (Å²) in [4.78, 5) is 0. The molecule has 2 aromatic carbocycles. The largest absolute Gasteiger partial charge is 0.416 e. The van der Waals surface area contributed by atoms with Crippen LogP contribution in [0.25, 0.3) is 0 Å². The van der Waals surface area contributed by atoms with Crippen molar-refractivity contribution < 1.29 is 42.9 Å². The van der Waals surface area contributed by atoms with Crippen molar-refractivity contribution >= 4 is 0 Å². The Labute approximate surface area is 170 Å². The quantitative estimate of drug-likeness (QED) is 0.627. The van der Waals surface area contributed by atoms with Gasteiger partial charge in [0.25, 0.3) is 0 Å². The van der Waals surface area contributed by atoms with E-state index in [2.05, 4.69) is 5.32 Å². The topological polar surface area (TPSA) is 30.5 Å². The molecule has 1 aliphatic rings. The molecule has 0 unspecified atom stereocenters.